The zero-order chi connectivity index (χ0) is 5.28. The molecule has 1 atom stereocenters. The predicted molar refractivity (Wildman–Crippen MR) is 34.4 cm³/mol. The van der Waals surface area contributed by atoms with E-state index in [1.165, 1.54) is 19.3 Å². The van der Waals surface area contributed by atoms with Gasteiger partial charge in [-0.1, -0.05) is 19.6 Å². The minimum atomic E-state index is 0.597. The van der Waals surface area contributed by atoms with Crippen molar-refractivity contribution in [3.05, 3.63) is 0 Å². The van der Waals surface area contributed by atoms with Crippen molar-refractivity contribution >= 4 is 12.6 Å². The molecular formula is C6H11S. The highest BCUT2D eigenvalue weighted by molar-refractivity contribution is 7.81. The molecule has 1 saturated carbocycles. The van der Waals surface area contributed by atoms with E-state index in [0.29, 0.717) is 5.25 Å². The maximum Gasteiger partial charge on any atom is 0.0177 e. The number of hydrogen-bond donors (Lipinski definition) is 0. The van der Waals surface area contributed by atoms with E-state index in [-0.39, 0.29) is 0 Å². The fraction of sp³-hybridized carbons (Fsp3) is 1.00. The maximum absolute atomic E-state index is 5.12. The first-order valence-electron chi connectivity index (χ1n) is 3.00. The van der Waals surface area contributed by atoms with E-state index in [2.05, 4.69) is 6.92 Å². The van der Waals surface area contributed by atoms with Crippen molar-refractivity contribution in [2.24, 2.45) is 5.92 Å². The second kappa shape index (κ2) is 2.08. The van der Waals surface area contributed by atoms with Gasteiger partial charge in [-0.25, -0.2) is 0 Å². The Labute approximate surface area is 50.7 Å². The van der Waals surface area contributed by atoms with Crippen molar-refractivity contribution < 1.29 is 0 Å². The Morgan fingerprint density at radius 3 is 2.43 bits per heavy atom. The molecule has 1 aliphatic rings. The molecule has 1 rings (SSSR count). The lowest BCUT2D eigenvalue weighted by molar-refractivity contribution is 0.734. The second-order valence-electron chi connectivity index (χ2n) is 2.28. The first-order valence-corrected chi connectivity index (χ1v) is 3.47. The zero-order valence-electron chi connectivity index (χ0n) is 4.68. The van der Waals surface area contributed by atoms with Gasteiger partial charge in [0.25, 0.3) is 0 Å². The van der Waals surface area contributed by atoms with Crippen LogP contribution in [0.5, 0.6) is 0 Å². The van der Waals surface area contributed by atoms with E-state index in [1.807, 2.05) is 0 Å². The van der Waals surface area contributed by atoms with Crippen molar-refractivity contribution in [1.82, 2.24) is 0 Å². The van der Waals surface area contributed by atoms with E-state index in [0.717, 1.165) is 5.92 Å². The van der Waals surface area contributed by atoms with Crippen LogP contribution in [0.4, 0.5) is 0 Å². The molecule has 1 radical (unpaired) electrons. The van der Waals surface area contributed by atoms with Gasteiger partial charge in [0.15, 0.2) is 0 Å². The molecule has 7 heavy (non-hydrogen) atoms. The maximum atomic E-state index is 5.12. The third kappa shape index (κ3) is 1.37. The lowest BCUT2D eigenvalue weighted by Crippen LogP contribution is -1.96. The van der Waals surface area contributed by atoms with Crippen molar-refractivity contribution in [3.8, 4) is 0 Å². The molecule has 0 heterocycles. The molecule has 1 unspecified atom stereocenters. The van der Waals surface area contributed by atoms with Crippen LogP contribution >= 0.6 is 12.6 Å². The van der Waals surface area contributed by atoms with Crippen LogP contribution in [0, 0.1) is 5.92 Å². The highest BCUT2D eigenvalue weighted by Gasteiger charge is 2.27. The number of rotatable bonds is 2. The largest absolute Gasteiger partial charge is 0.0902 e. The van der Waals surface area contributed by atoms with Crippen molar-refractivity contribution in [1.29, 1.82) is 0 Å². The van der Waals surface area contributed by atoms with Crippen LogP contribution in [0.1, 0.15) is 26.2 Å². The third-order valence-corrected chi connectivity index (χ3v) is 2.27. The quantitative estimate of drug-likeness (QED) is 0.518. The molecule has 0 spiro atoms. The van der Waals surface area contributed by atoms with E-state index < -0.39 is 0 Å². The SMILES string of the molecule is CCC([S])C1CC1. The van der Waals surface area contributed by atoms with Crippen LogP contribution in [0.25, 0.3) is 0 Å². The van der Waals surface area contributed by atoms with Gasteiger partial charge in [-0.05, 0) is 25.2 Å². The van der Waals surface area contributed by atoms with Crippen LogP contribution in [-0.2, 0) is 0 Å². The minimum Gasteiger partial charge on any atom is -0.0902 e. The Morgan fingerprint density at radius 2 is 2.29 bits per heavy atom. The highest BCUT2D eigenvalue weighted by Crippen LogP contribution is 2.36. The van der Waals surface area contributed by atoms with Crippen molar-refractivity contribution in [2.45, 2.75) is 31.4 Å². The van der Waals surface area contributed by atoms with Gasteiger partial charge < -0.3 is 0 Å². The summed E-state index contributed by atoms with van der Waals surface area (Å²) in [5.41, 5.74) is 0. The summed E-state index contributed by atoms with van der Waals surface area (Å²) >= 11 is 5.12. The van der Waals surface area contributed by atoms with Crippen LogP contribution in [0.3, 0.4) is 0 Å². The van der Waals surface area contributed by atoms with Gasteiger partial charge >= 0.3 is 0 Å². The van der Waals surface area contributed by atoms with E-state index >= 15 is 0 Å². The Morgan fingerprint density at radius 1 is 1.71 bits per heavy atom. The Bertz CT molecular complexity index is 57.2. The molecule has 0 nitrogen and oxygen atoms in total. The van der Waals surface area contributed by atoms with Gasteiger partial charge in [0.05, 0.1) is 0 Å². The minimum absolute atomic E-state index is 0.597. The predicted octanol–water partition coefficient (Wildman–Crippen LogP) is 2.37. The second-order valence-corrected chi connectivity index (χ2v) is 2.89. The van der Waals surface area contributed by atoms with E-state index in [4.69, 9.17) is 12.6 Å². The molecule has 0 aliphatic heterocycles. The summed E-state index contributed by atoms with van der Waals surface area (Å²) in [6.07, 6.45) is 4.00. The van der Waals surface area contributed by atoms with E-state index in [9.17, 15) is 0 Å². The van der Waals surface area contributed by atoms with Crippen LogP contribution in [0.2, 0.25) is 0 Å². The first kappa shape index (κ1) is 5.49. The molecule has 41 valence electrons. The fourth-order valence-electron chi connectivity index (χ4n) is 0.801. The molecule has 1 fully saturated rings. The smallest absolute Gasteiger partial charge is 0.0177 e. The molecule has 0 N–H and O–H groups in total. The van der Waals surface area contributed by atoms with Gasteiger partial charge in [-0.3, -0.25) is 0 Å². The molecule has 1 aliphatic carbocycles. The standard InChI is InChI=1S/C6H11S/c1-2-6(7)5-3-4-5/h5-6H,2-4H2,1H3. The molecule has 0 aromatic rings. The summed E-state index contributed by atoms with van der Waals surface area (Å²) in [5.74, 6) is 0.931. The number of hydrogen-bond acceptors (Lipinski definition) is 0. The fourth-order valence-corrected chi connectivity index (χ4v) is 1.07. The molecule has 1 heteroatoms. The Kier molecular flexibility index (Phi) is 1.63. The summed E-state index contributed by atoms with van der Waals surface area (Å²) in [4.78, 5) is 0. The zero-order valence-corrected chi connectivity index (χ0v) is 5.50. The van der Waals surface area contributed by atoms with Crippen LogP contribution in [0.15, 0.2) is 0 Å². The van der Waals surface area contributed by atoms with Crippen LogP contribution in [-0.4, -0.2) is 5.25 Å². The lowest BCUT2D eigenvalue weighted by atomic mass is 10.2. The molecular weight excluding hydrogens is 104 g/mol. The van der Waals surface area contributed by atoms with Gasteiger partial charge in [0.1, 0.15) is 0 Å². The molecule has 0 amide bonds. The summed E-state index contributed by atoms with van der Waals surface area (Å²) in [5, 5.41) is 0.597. The van der Waals surface area contributed by atoms with Gasteiger partial charge in [-0.2, -0.15) is 0 Å². The van der Waals surface area contributed by atoms with Crippen molar-refractivity contribution in [3.63, 3.8) is 0 Å². The van der Waals surface area contributed by atoms with Gasteiger partial charge in [0, 0.05) is 5.25 Å². The molecule has 0 saturated heterocycles. The summed E-state index contributed by atoms with van der Waals surface area (Å²) < 4.78 is 0. The van der Waals surface area contributed by atoms with E-state index in [1.54, 1.807) is 0 Å². The summed E-state index contributed by atoms with van der Waals surface area (Å²) in [6, 6.07) is 0. The van der Waals surface area contributed by atoms with Crippen molar-refractivity contribution in [2.75, 3.05) is 0 Å². The Hall–Kier alpha value is 0.350. The summed E-state index contributed by atoms with van der Waals surface area (Å²) in [6.45, 7) is 2.18. The molecule has 0 aromatic heterocycles. The summed E-state index contributed by atoms with van der Waals surface area (Å²) in [7, 11) is 0. The highest BCUT2D eigenvalue weighted by atomic mass is 32.1. The average molecular weight is 115 g/mol. The normalized spacial score (nSPS) is 24.9. The van der Waals surface area contributed by atoms with Gasteiger partial charge in [-0.15, -0.1) is 0 Å². The van der Waals surface area contributed by atoms with Gasteiger partial charge in [0.2, 0.25) is 0 Å². The average Bonchev–Trinajstić information content (AvgIpc) is 2.44. The topological polar surface area (TPSA) is 0 Å². The lowest BCUT2D eigenvalue weighted by Gasteiger charge is -1.99. The van der Waals surface area contributed by atoms with Crippen LogP contribution < -0.4 is 0 Å². The monoisotopic (exact) mass is 115 g/mol. The third-order valence-electron chi connectivity index (χ3n) is 1.55. The molecule has 0 aromatic carbocycles. The first-order chi connectivity index (χ1) is 3.34. The molecule has 0 bridgehead atoms. The Balaban J connectivity index is 2.10.